The number of hydrogen-bond acceptors (Lipinski definition) is 3. The molecule has 0 aliphatic rings. The van der Waals surface area contributed by atoms with Crippen LogP contribution >= 0.6 is 0 Å². The van der Waals surface area contributed by atoms with E-state index in [4.69, 9.17) is 21.3 Å². The van der Waals surface area contributed by atoms with Gasteiger partial charge in [-0.2, -0.15) is 0 Å². The van der Waals surface area contributed by atoms with Gasteiger partial charge >= 0.3 is 0 Å². The van der Waals surface area contributed by atoms with Gasteiger partial charge in [0.25, 0.3) is 0 Å². The highest BCUT2D eigenvalue weighted by Crippen LogP contribution is 2.36. The second-order valence-corrected chi connectivity index (χ2v) is 6.19. The number of nitrogens with two attached hydrogens (primary N) is 2. The fourth-order valence-corrected chi connectivity index (χ4v) is 2.87. The molecule has 5 N–H and O–H groups in total. The van der Waals surface area contributed by atoms with Gasteiger partial charge in [0.05, 0.1) is 0 Å². The highest BCUT2D eigenvalue weighted by Gasteiger charge is 2.17. The largest absolute Gasteiger partial charge is 0.456 e. The summed E-state index contributed by atoms with van der Waals surface area (Å²) in [7, 11) is 1.67. The van der Waals surface area contributed by atoms with Crippen LogP contribution in [0.25, 0.3) is 22.6 Å². The first-order chi connectivity index (χ1) is 12.4. The number of nitrogen functional groups attached to an aromatic ring is 1. The summed E-state index contributed by atoms with van der Waals surface area (Å²) < 4.78 is 6.20. The third-order valence-electron chi connectivity index (χ3n) is 4.59. The molecule has 1 aromatic heterocycles. The van der Waals surface area contributed by atoms with Crippen LogP contribution in [-0.4, -0.2) is 18.7 Å². The molecule has 26 heavy (non-hydrogen) atoms. The van der Waals surface area contributed by atoms with Crippen LogP contribution in [0, 0.1) is 19.3 Å². The Balaban J connectivity index is 2.00. The van der Waals surface area contributed by atoms with E-state index in [2.05, 4.69) is 11.9 Å². The SMILES string of the molecule is CN=C(N)c1ccc(-c2oc(-c3ccc(C(=N)N)cc3)c(C)c2C)cc1. The van der Waals surface area contributed by atoms with Gasteiger partial charge in [-0.25, -0.2) is 0 Å². The van der Waals surface area contributed by atoms with Gasteiger partial charge in [0.2, 0.25) is 0 Å². The van der Waals surface area contributed by atoms with E-state index < -0.39 is 0 Å². The molecule has 3 aromatic rings. The third-order valence-corrected chi connectivity index (χ3v) is 4.59. The van der Waals surface area contributed by atoms with E-state index in [1.54, 1.807) is 7.05 Å². The predicted octanol–water partition coefficient (Wildman–Crippen LogP) is 3.85. The van der Waals surface area contributed by atoms with Crippen LogP contribution in [0.5, 0.6) is 0 Å². The van der Waals surface area contributed by atoms with Crippen LogP contribution in [0.4, 0.5) is 0 Å². The van der Waals surface area contributed by atoms with Gasteiger partial charge in [0.15, 0.2) is 0 Å². The standard InChI is InChI=1S/C21H22N4O/c1-12-13(2)19(15-6-10-17(11-7-15)21(24)25-3)26-18(12)14-4-8-16(9-5-14)20(22)23/h4-11H,1-3H3,(H3,22,23)(H2,24,25). The van der Waals surface area contributed by atoms with Crippen molar-refractivity contribution >= 4 is 11.7 Å². The van der Waals surface area contributed by atoms with E-state index >= 15 is 0 Å². The number of aliphatic imine (C=N–C) groups is 1. The quantitative estimate of drug-likeness (QED) is 0.494. The van der Waals surface area contributed by atoms with Crippen LogP contribution in [0.2, 0.25) is 0 Å². The number of nitrogens with one attached hydrogen (secondary N) is 1. The molecule has 0 amide bonds. The van der Waals surface area contributed by atoms with E-state index in [0.29, 0.717) is 11.4 Å². The van der Waals surface area contributed by atoms with Crippen molar-refractivity contribution in [1.29, 1.82) is 5.41 Å². The minimum Gasteiger partial charge on any atom is -0.456 e. The zero-order chi connectivity index (χ0) is 18.8. The first-order valence-corrected chi connectivity index (χ1v) is 8.30. The average molecular weight is 346 g/mol. The van der Waals surface area contributed by atoms with Crippen molar-refractivity contribution < 1.29 is 4.42 Å². The Labute approximate surface area is 152 Å². The molecular weight excluding hydrogens is 324 g/mol. The monoisotopic (exact) mass is 346 g/mol. The number of rotatable bonds is 4. The zero-order valence-electron chi connectivity index (χ0n) is 15.1. The zero-order valence-corrected chi connectivity index (χ0v) is 15.1. The minimum absolute atomic E-state index is 0.0552. The molecule has 0 bridgehead atoms. The Hall–Kier alpha value is -3.34. The molecule has 0 unspecified atom stereocenters. The Kier molecular flexibility index (Phi) is 4.63. The lowest BCUT2D eigenvalue weighted by Gasteiger charge is -2.03. The molecule has 5 heteroatoms. The maximum Gasteiger partial charge on any atom is 0.137 e. The summed E-state index contributed by atoms with van der Waals surface area (Å²) in [6.07, 6.45) is 0. The van der Waals surface area contributed by atoms with Gasteiger partial charge in [0, 0.05) is 29.3 Å². The molecule has 0 spiro atoms. The van der Waals surface area contributed by atoms with Gasteiger partial charge in [-0.1, -0.05) is 48.5 Å². The second-order valence-electron chi connectivity index (χ2n) is 6.19. The predicted molar refractivity (Wildman–Crippen MR) is 107 cm³/mol. The van der Waals surface area contributed by atoms with Gasteiger partial charge < -0.3 is 15.9 Å². The van der Waals surface area contributed by atoms with E-state index in [0.717, 1.165) is 39.3 Å². The number of benzene rings is 2. The van der Waals surface area contributed by atoms with Gasteiger partial charge in [-0.05, 0) is 25.0 Å². The maximum atomic E-state index is 7.50. The molecule has 0 atom stereocenters. The summed E-state index contributed by atoms with van der Waals surface area (Å²) in [5, 5.41) is 7.50. The van der Waals surface area contributed by atoms with E-state index in [1.165, 1.54) is 0 Å². The van der Waals surface area contributed by atoms with Gasteiger partial charge in [-0.15, -0.1) is 0 Å². The maximum absolute atomic E-state index is 7.50. The van der Waals surface area contributed by atoms with E-state index in [9.17, 15) is 0 Å². The smallest absolute Gasteiger partial charge is 0.137 e. The summed E-state index contributed by atoms with van der Waals surface area (Å²) >= 11 is 0. The van der Waals surface area contributed by atoms with Crippen LogP contribution in [0.3, 0.4) is 0 Å². The van der Waals surface area contributed by atoms with Crippen molar-refractivity contribution in [3.05, 3.63) is 70.8 Å². The fraction of sp³-hybridized carbons (Fsp3) is 0.143. The summed E-state index contributed by atoms with van der Waals surface area (Å²) in [6.45, 7) is 4.10. The van der Waals surface area contributed by atoms with Crippen molar-refractivity contribution in [2.24, 2.45) is 16.5 Å². The molecule has 0 fully saturated rings. The molecule has 5 nitrogen and oxygen atoms in total. The van der Waals surface area contributed by atoms with Crippen molar-refractivity contribution in [1.82, 2.24) is 0 Å². The average Bonchev–Trinajstić information content (AvgIpc) is 2.96. The molecule has 132 valence electrons. The van der Waals surface area contributed by atoms with Crippen LogP contribution in [0.1, 0.15) is 22.3 Å². The fourth-order valence-electron chi connectivity index (χ4n) is 2.87. The Morgan fingerprint density at radius 3 is 1.62 bits per heavy atom. The van der Waals surface area contributed by atoms with Crippen LogP contribution < -0.4 is 11.5 Å². The summed E-state index contributed by atoms with van der Waals surface area (Å²) in [5.74, 6) is 2.23. The molecule has 1 heterocycles. The Bertz CT molecular complexity index is 980. The molecule has 0 aliphatic carbocycles. The first kappa shape index (κ1) is 17.5. The molecule has 0 aliphatic heterocycles. The third kappa shape index (κ3) is 3.11. The lowest BCUT2D eigenvalue weighted by molar-refractivity contribution is 0.594. The molecule has 2 aromatic carbocycles. The summed E-state index contributed by atoms with van der Waals surface area (Å²) in [5.41, 5.74) is 17.1. The van der Waals surface area contributed by atoms with E-state index in [-0.39, 0.29) is 5.84 Å². The van der Waals surface area contributed by atoms with Gasteiger partial charge in [-0.3, -0.25) is 10.4 Å². The van der Waals surface area contributed by atoms with Crippen LogP contribution in [0.15, 0.2) is 57.9 Å². The number of hydrogen-bond donors (Lipinski definition) is 3. The lowest BCUT2D eigenvalue weighted by atomic mass is 10.0. The lowest BCUT2D eigenvalue weighted by Crippen LogP contribution is -2.12. The second kappa shape index (κ2) is 6.88. The molecule has 3 rings (SSSR count). The van der Waals surface area contributed by atoms with Gasteiger partial charge in [0.1, 0.15) is 23.2 Å². The number of amidine groups is 2. The van der Waals surface area contributed by atoms with Crippen molar-refractivity contribution in [3.63, 3.8) is 0 Å². The highest BCUT2D eigenvalue weighted by atomic mass is 16.3. The number of nitrogens with zero attached hydrogens (tertiary/aromatic N) is 1. The van der Waals surface area contributed by atoms with Crippen molar-refractivity contribution in [2.45, 2.75) is 13.8 Å². The topological polar surface area (TPSA) is 101 Å². The van der Waals surface area contributed by atoms with E-state index in [1.807, 2.05) is 55.5 Å². The van der Waals surface area contributed by atoms with Crippen molar-refractivity contribution in [2.75, 3.05) is 7.05 Å². The molecule has 0 saturated carbocycles. The summed E-state index contributed by atoms with van der Waals surface area (Å²) in [6, 6.07) is 15.4. The Morgan fingerprint density at radius 2 is 1.23 bits per heavy atom. The Morgan fingerprint density at radius 1 is 0.808 bits per heavy atom. The highest BCUT2D eigenvalue weighted by molar-refractivity contribution is 5.97. The molecule has 0 saturated heterocycles. The first-order valence-electron chi connectivity index (χ1n) is 8.30. The number of furan rings is 1. The molecular formula is C21H22N4O. The summed E-state index contributed by atoms with van der Waals surface area (Å²) in [4.78, 5) is 4.00. The molecule has 0 radical (unpaired) electrons. The minimum atomic E-state index is 0.0552. The normalized spacial score (nSPS) is 11.6. The van der Waals surface area contributed by atoms with Crippen molar-refractivity contribution in [3.8, 4) is 22.6 Å². The van der Waals surface area contributed by atoms with Crippen LogP contribution in [-0.2, 0) is 0 Å².